The van der Waals surface area contributed by atoms with Crippen LogP contribution >= 0.6 is 0 Å². The summed E-state index contributed by atoms with van der Waals surface area (Å²) in [5.74, 6) is 0.611. The molecule has 4 nitrogen and oxygen atoms in total. The topological polar surface area (TPSA) is 46.9 Å². The maximum absolute atomic E-state index is 11.5. The van der Waals surface area contributed by atoms with Gasteiger partial charge in [-0.25, -0.2) is 0 Å². The molecule has 1 atom stereocenters. The Morgan fingerprint density at radius 2 is 2.00 bits per heavy atom. The van der Waals surface area contributed by atoms with E-state index in [2.05, 4.69) is 24.3 Å². The Morgan fingerprint density at radius 1 is 1.35 bits per heavy atom. The van der Waals surface area contributed by atoms with Crippen molar-refractivity contribution in [3.63, 3.8) is 0 Å². The van der Waals surface area contributed by atoms with Gasteiger partial charge in [-0.1, -0.05) is 27.7 Å². The fourth-order valence-corrected chi connectivity index (χ4v) is 1.51. The molecule has 0 saturated carbocycles. The second-order valence-corrected chi connectivity index (χ2v) is 5.21. The third-order valence-corrected chi connectivity index (χ3v) is 2.69. The molecule has 0 spiro atoms. The molecular formula is C13H23N3O. The molecule has 1 aromatic heterocycles. The van der Waals surface area contributed by atoms with Gasteiger partial charge in [0.15, 0.2) is 0 Å². The molecule has 1 aromatic rings. The quantitative estimate of drug-likeness (QED) is 0.853. The Bertz CT molecular complexity index is 368. The molecule has 0 aliphatic rings. The highest BCUT2D eigenvalue weighted by molar-refractivity contribution is 5.78. The predicted molar refractivity (Wildman–Crippen MR) is 68.8 cm³/mol. The molecule has 0 aliphatic carbocycles. The molecule has 0 aromatic carbocycles. The number of aromatic nitrogens is 2. The van der Waals surface area contributed by atoms with Crippen molar-refractivity contribution in [1.82, 2.24) is 15.1 Å². The molecule has 1 heterocycles. The molecule has 96 valence electrons. The zero-order chi connectivity index (χ0) is 13.0. The van der Waals surface area contributed by atoms with E-state index in [1.807, 2.05) is 37.8 Å². The fourth-order valence-electron chi connectivity index (χ4n) is 1.51. The van der Waals surface area contributed by atoms with Crippen LogP contribution in [0.3, 0.4) is 0 Å². The number of amides is 1. The van der Waals surface area contributed by atoms with Gasteiger partial charge in [-0.15, -0.1) is 0 Å². The number of nitrogens with one attached hydrogen (secondary N) is 1. The van der Waals surface area contributed by atoms with Crippen molar-refractivity contribution in [3.8, 4) is 0 Å². The van der Waals surface area contributed by atoms with Gasteiger partial charge in [0, 0.05) is 18.2 Å². The maximum Gasteiger partial charge on any atom is 0.222 e. The monoisotopic (exact) mass is 237 g/mol. The van der Waals surface area contributed by atoms with Gasteiger partial charge in [-0.2, -0.15) is 5.10 Å². The largest absolute Gasteiger partial charge is 0.352 e. The minimum absolute atomic E-state index is 0.0290. The van der Waals surface area contributed by atoms with Crippen LogP contribution in [0.2, 0.25) is 0 Å². The van der Waals surface area contributed by atoms with Crippen molar-refractivity contribution >= 4 is 5.91 Å². The lowest BCUT2D eigenvalue weighted by Crippen LogP contribution is -2.38. The highest BCUT2D eigenvalue weighted by Crippen LogP contribution is 2.12. The number of hydrogen-bond acceptors (Lipinski definition) is 2. The molecule has 1 rings (SSSR count). The summed E-state index contributed by atoms with van der Waals surface area (Å²) in [5, 5.41) is 7.26. The van der Waals surface area contributed by atoms with E-state index < -0.39 is 0 Å². The number of carbonyl (C=O) groups excluding carboxylic acids is 1. The van der Waals surface area contributed by atoms with E-state index in [0.717, 1.165) is 0 Å². The molecular weight excluding hydrogens is 214 g/mol. The zero-order valence-electron chi connectivity index (χ0n) is 11.4. The Kier molecular flexibility index (Phi) is 4.73. The molecule has 4 heteroatoms. The molecule has 0 aliphatic heterocycles. The average molecular weight is 237 g/mol. The van der Waals surface area contributed by atoms with Crippen molar-refractivity contribution in [1.29, 1.82) is 0 Å². The number of rotatable bonds is 5. The van der Waals surface area contributed by atoms with E-state index in [9.17, 15) is 4.79 Å². The van der Waals surface area contributed by atoms with Crippen LogP contribution in [0.5, 0.6) is 0 Å². The zero-order valence-corrected chi connectivity index (χ0v) is 11.4. The van der Waals surface area contributed by atoms with Crippen LogP contribution in [-0.4, -0.2) is 21.7 Å². The van der Waals surface area contributed by atoms with Gasteiger partial charge in [0.05, 0.1) is 12.7 Å². The maximum atomic E-state index is 11.5. The van der Waals surface area contributed by atoms with E-state index >= 15 is 0 Å². The van der Waals surface area contributed by atoms with E-state index in [0.29, 0.717) is 12.5 Å². The van der Waals surface area contributed by atoms with Gasteiger partial charge in [-0.3, -0.25) is 9.48 Å². The van der Waals surface area contributed by atoms with Crippen molar-refractivity contribution in [2.75, 3.05) is 0 Å². The Balaban J connectivity index is 2.50. The summed E-state index contributed by atoms with van der Waals surface area (Å²) in [7, 11) is 0. The third-order valence-electron chi connectivity index (χ3n) is 2.69. The van der Waals surface area contributed by atoms with Crippen molar-refractivity contribution in [3.05, 3.63) is 18.0 Å². The Hall–Kier alpha value is -1.32. The molecule has 0 fully saturated rings. The lowest BCUT2D eigenvalue weighted by Gasteiger charge is -2.15. The fraction of sp³-hybridized carbons (Fsp3) is 0.692. The standard InChI is InChI=1S/C13H23N3O/c1-9(2)12-6-14-16(8-12)7-11(5)15-13(17)10(3)4/h6,8-11H,7H2,1-5H3,(H,15,17). The summed E-state index contributed by atoms with van der Waals surface area (Å²) in [5.41, 5.74) is 1.23. The summed E-state index contributed by atoms with van der Waals surface area (Å²) < 4.78 is 1.89. The van der Waals surface area contributed by atoms with Crippen molar-refractivity contribution < 1.29 is 4.79 Å². The van der Waals surface area contributed by atoms with E-state index in [4.69, 9.17) is 0 Å². The van der Waals surface area contributed by atoms with Gasteiger partial charge >= 0.3 is 0 Å². The second-order valence-electron chi connectivity index (χ2n) is 5.21. The first kappa shape index (κ1) is 13.7. The van der Waals surface area contributed by atoms with E-state index in [1.54, 1.807) is 0 Å². The first-order valence-electron chi connectivity index (χ1n) is 6.23. The lowest BCUT2D eigenvalue weighted by molar-refractivity contribution is -0.124. The molecule has 0 radical (unpaired) electrons. The van der Waals surface area contributed by atoms with Crippen molar-refractivity contribution in [2.45, 2.75) is 53.1 Å². The van der Waals surface area contributed by atoms with E-state index in [-0.39, 0.29) is 17.9 Å². The first-order valence-corrected chi connectivity index (χ1v) is 6.23. The Labute approximate surface area is 103 Å². The van der Waals surface area contributed by atoms with Gasteiger partial charge in [-0.05, 0) is 18.4 Å². The minimum atomic E-state index is 0.0290. The van der Waals surface area contributed by atoms with Gasteiger partial charge in [0.2, 0.25) is 5.91 Å². The molecule has 0 saturated heterocycles. The minimum Gasteiger partial charge on any atom is -0.352 e. The van der Waals surface area contributed by atoms with Crippen LogP contribution in [0.1, 0.15) is 46.1 Å². The van der Waals surface area contributed by atoms with Crippen LogP contribution < -0.4 is 5.32 Å². The van der Waals surface area contributed by atoms with E-state index in [1.165, 1.54) is 5.56 Å². The molecule has 1 N–H and O–H groups in total. The summed E-state index contributed by atoms with van der Waals surface area (Å²) in [6.07, 6.45) is 3.93. The molecule has 17 heavy (non-hydrogen) atoms. The number of carbonyl (C=O) groups is 1. The smallest absolute Gasteiger partial charge is 0.222 e. The van der Waals surface area contributed by atoms with Crippen molar-refractivity contribution in [2.24, 2.45) is 5.92 Å². The molecule has 1 unspecified atom stereocenters. The van der Waals surface area contributed by atoms with Gasteiger partial charge in [0.1, 0.15) is 0 Å². The normalized spacial score (nSPS) is 13.1. The molecule has 1 amide bonds. The van der Waals surface area contributed by atoms with Crippen LogP contribution in [0.25, 0.3) is 0 Å². The number of nitrogens with zero attached hydrogens (tertiary/aromatic N) is 2. The number of hydrogen-bond donors (Lipinski definition) is 1. The van der Waals surface area contributed by atoms with Crippen LogP contribution in [0.15, 0.2) is 12.4 Å². The third kappa shape index (κ3) is 4.21. The highest BCUT2D eigenvalue weighted by atomic mass is 16.1. The second kappa shape index (κ2) is 5.84. The first-order chi connectivity index (χ1) is 7.90. The van der Waals surface area contributed by atoms with Crippen LogP contribution in [0, 0.1) is 5.92 Å². The molecule has 0 bridgehead atoms. The Morgan fingerprint density at radius 3 is 2.47 bits per heavy atom. The average Bonchev–Trinajstić information content (AvgIpc) is 2.65. The van der Waals surface area contributed by atoms with Crippen LogP contribution in [-0.2, 0) is 11.3 Å². The summed E-state index contributed by atoms with van der Waals surface area (Å²) in [6, 6.07) is 0.102. The SMILES string of the molecule is CC(Cn1cc(C(C)C)cn1)NC(=O)C(C)C. The lowest BCUT2D eigenvalue weighted by atomic mass is 10.1. The van der Waals surface area contributed by atoms with Gasteiger partial charge in [0.25, 0.3) is 0 Å². The predicted octanol–water partition coefficient (Wildman–Crippen LogP) is 2.17. The summed E-state index contributed by atoms with van der Waals surface area (Å²) in [4.78, 5) is 11.5. The summed E-state index contributed by atoms with van der Waals surface area (Å²) >= 11 is 0. The highest BCUT2D eigenvalue weighted by Gasteiger charge is 2.12. The summed E-state index contributed by atoms with van der Waals surface area (Å²) in [6.45, 7) is 10.8. The van der Waals surface area contributed by atoms with Gasteiger partial charge < -0.3 is 5.32 Å². The van der Waals surface area contributed by atoms with Crippen LogP contribution in [0.4, 0.5) is 0 Å².